The Labute approximate surface area is 214 Å². The lowest BCUT2D eigenvalue weighted by atomic mass is 10.1. The lowest BCUT2D eigenvalue weighted by molar-refractivity contribution is 0.269. The molecule has 4 rings (SSSR count). The minimum atomic E-state index is 0.399. The van der Waals surface area contributed by atoms with Crippen LogP contribution in [0.25, 0.3) is 11.4 Å². The third kappa shape index (κ3) is 5.61. The summed E-state index contributed by atoms with van der Waals surface area (Å²) in [6.07, 6.45) is 0. The van der Waals surface area contributed by atoms with Crippen LogP contribution in [0.4, 0.5) is 0 Å². The smallest absolute Gasteiger partial charge is 0.214 e. The number of ether oxygens (including phenoxy) is 3. The molecule has 7 nitrogen and oxygen atoms in total. The Bertz CT molecular complexity index is 1370. The number of aromatic amines is 1. The van der Waals surface area contributed by atoms with E-state index in [9.17, 15) is 0 Å². The maximum atomic E-state index is 6.64. The molecule has 35 heavy (non-hydrogen) atoms. The molecule has 0 amide bonds. The van der Waals surface area contributed by atoms with E-state index in [2.05, 4.69) is 28.6 Å². The highest BCUT2D eigenvalue weighted by Gasteiger charge is 2.16. The highest BCUT2D eigenvalue weighted by Crippen LogP contribution is 2.37. The molecule has 0 spiro atoms. The first-order valence-corrected chi connectivity index (χ1v) is 12.0. The molecular formula is C26H27ClN4O3S. The van der Waals surface area contributed by atoms with Crippen LogP contribution in [-0.2, 0) is 13.2 Å². The second-order valence-electron chi connectivity index (χ2n) is 7.78. The van der Waals surface area contributed by atoms with E-state index in [0.29, 0.717) is 52.6 Å². The van der Waals surface area contributed by atoms with Crippen molar-refractivity contribution in [2.24, 2.45) is 0 Å². The Morgan fingerprint density at radius 3 is 2.60 bits per heavy atom. The average molecular weight is 511 g/mol. The molecule has 0 unspecified atom stereocenters. The Kier molecular flexibility index (Phi) is 7.94. The predicted octanol–water partition coefficient (Wildman–Crippen LogP) is 6.30. The molecule has 0 saturated carbocycles. The zero-order valence-corrected chi connectivity index (χ0v) is 21.4. The number of aryl methyl sites for hydroxylation is 1. The number of benzene rings is 3. The van der Waals surface area contributed by atoms with Crippen molar-refractivity contribution in [3.8, 4) is 28.6 Å². The summed E-state index contributed by atoms with van der Waals surface area (Å²) >= 11 is 12.1. The Balaban J connectivity index is 1.57. The molecule has 0 aliphatic carbocycles. The van der Waals surface area contributed by atoms with E-state index in [1.54, 1.807) is 11.8 Å². The van der Waals surface area contributed by atoms with Gasteiger partial charge in [-0.15, -0.1) is 0 Å². The molecular weight excluding hydrogens is 484 g/mol. The van der Waals surface area contributed by atoms with Gasteiger partial charge in [0, 0.05) is 0 Å². The van der Waals surface area contributed by atoms with Gasteiger partial charge in [0.05, 0.1) is 30.8 Å². The van der Waals surface area contributed by atoms with E-state index >= 15 is 0 Å². The molecule has 0 saturated heterocycles. The lowest BCUT2D eigenvalue weighted by Crippen LogP contribution is -2.16. The van der Waals surface area contributed by atoms with Crippen molar-refractivity contribution in [1.82, 2.24) is 14.9 Å². The van der Waals surface area contributed by atoms with Gasteiger partial charge in [0.15, 0.2) is 17.3 Å². The van der Waals surface area contributed by atoms with E-state index in [4.69, 9.17) is 38.0 Å². The summed E-state index contributed by atoms with van der Waals surface area (Å²) in [4.78, 5) is 0. The van der Waals surface area contributed by atoms with Gasteiger partial charge in [-0.1, -0.05) is 48.0 Å². The van der Waals surface area contributed by atoms with Gasteiger partial charge in [-0.3, -0.25) is 0 Å². The van der Waals surface area contributed by atoms with Crippen molar-refractivity contribution in [2.45, 2.75) is 27.0 Å². The molecule has 1 heterocycles. The summed E-state index contributed by atoms with van der Waals surface area (Å²) in [6.45, 7) is 5.29. The van der Waals surface area contributed by atoms with Crippen LogP contribution >= 0.6 is 23.8 Å². The van der Waals surface area contributed by atoms with Gasteiger partial charge < -0.3 is 19.6 Å². The Morgan fingerprint density at radius 2 is 1.83 bits per heavy atom. The fraction of sp³-hybridized carbons (Fsp3) is 0.231. The third-order valence-electron chi connectivity index (χ3n) is 5.46. The maximum Gasteiger partial charge on any atom is 0.214 e. The van der Waals surface area contributed by atoms with Crippen molar-refractivity contribution < 1.29 is 14.2 Å². The van der Waals surface area contributed by atoms with Crippen LogP contribution in [0.15, 0.2) is 60.7 Å². The number of halogens is 1. The summed E-state index contributed by atoms with van der Waals surface area (Å²) in [5.41, 5.74) is 7.27. The van der Waals surface area contributed by atoms with Gasteiger partial charge in [0.1, 0.15) is 12.4 Å². The van der Waals surface area contributed by atoms with Crippen molar-refractivity contribution >= 4 is 23.8 Å². The molecule has 2 N–H and O–H groups in total. The first kappa shape index (κ1) is 24.6. The summed E-state index contributed by atoms with van der Waals surface area (Å²) in [5.74, 6) is 2.42. The lowest BCUT2D eigenvalue weighted by Gasteiger charge is -2.17. The normalized spacial score (nSPS) is 10.7. The van der Waals surface area contributed by atoms with Gasteiger partial charge >= 0.3 is 0 Å². The topological polar surface area (TPSA) is 73.3 Å². The summed E-state index contributed by atoms with van der Waals surface area (Å²) < 4.78 is 19.6. The van der Waals surface area contributed by atoms with Crippen molar-refractivity contribution in [1.29, 1.82) is 0 Å². The quantitative estimate of drug-likeness (QED) is 0.244. The molecule has 1 aromatic heterocycles. The average Bonchev–Trinajstić information content (AvgIpc) is 3.23. The molecule has 0 aliphatic heterocycles. The fourth-order valence-electron chi connectivity index (χ4n) is 3.67. The van der Waals surface area contributed by atoms with Gasteiger partial charge in [-0.05, 0) is 67.0 Å². The number of hydrogen-bond donors (Lipinski definition) is 2. The largest absolute Gasteiger partial charge is 0.496 e. The number of nitrogens with zero attached hydrogens (tertiary/aromatic N) is 2. The third-order valence-corrected chi connectivity index (χ3v) is 6.02. The Morgan fingerprint density at radius 1 is 1.06 bits per heavy atom. The molecule has 0 bridgehead atoms. The molecule has 0 fully saturated rings. The fourth-order valence-corrected chi connectivity index (χ4v) is 4.16. The number of aromatic nitrogens is 3. The van der Waals surface area contributed by atoms with Gasteiger partial charge in [0.2, 0.25) is 4.77 Å². The molecule has 182 valence electrons. The highest BCUT2D eigenvalue weighted by molar-refractivity contribution is 7.71. The van der Waals surface area contributed by atoms with Crippen LogP contribution in [0, 0.1) is 11.7 Å². The first-order valence-electron chi connectivity index (χ1n) is 11.2. The van der Waals surface area contributed by atoms with Gasteiger partial charge in [-0.25, -0.2) is 9.77 Å². The maximum absolute atomic E-state index is 6.64. The summed E-state index contributed by atoms with van der Waals surface area (Å²) in [5, 5.41) is 7.69. The summed E-state index contributed by atoms with van der Waals surface area (Å²) in [6, 6.07) is 19.5. The summed E-state index contributed by atoms with van der Waals surface area (Å²) in [7, 11) is 1.62. The van der Waals surface area contributed by atoms with E-state index in [1.807, 2.05) is 61.5 Å². The standard InChI is InChI=1S/C26H27ClN4O3S/c1-4-33-23-14-18(13-21(27)24(23)34-16-19-10-6-5-9-17(19)2)15-28-31-25(29-30-26(31)35)20-11-7-8-12-22(20)32-3/h5-14,28H,4,15-16H2,1-3H3,(H,30,35). The van der Waals surface area contributed by atoms with Crippen LogP contribution in [0.2, 0.25) is 5.02 Å². The number of hydrogen-bond acceptors (Lipinski definition) is 6. The monoisotopic (exact) mass is 510 g/mol. The number of methoxy groups -OCH3 is 1. The van der Waals surface area contributed by atoms with Gasteiger partial charge in [-0.2, -0.15) is 5.10 Å². The van der Waals surface area contributed by atoms with Gasteiger partial charge in [0.25, 0.3) is 0 Å². The second kappa shape index (κ2) is 11.3. The number of para-hydroxylation sites is 1. The molecule has 9 heteroatoms. The van der Waals surface area contributed by atoms with Crippen molar-refractivity contribution in [3.05, 3.63) is 87.1 Å². The molecule has 4 aromatic rings. The molecule has 0 radical (unpaired) electrons. The van der Waals surface area contributed by atoms with Crippen LogP contribution in [0.5, 0.6) is 17.2 Å². The molecule has 0 aliphatic rings. The number of nitrogens with one attached hydrogen (secondary N) is 2. The van der Waals surface area contributed by atoms with E-state index in [1.165, 1.54) is 0 Å². The van der Waals surface area contributed by atoms with Crippen LogP contribution in [0.3, 0.4) is 0 Å². The molecule has 0 atom stereocenters. The Hall–Kier alpha value is -3.49. The van der Waals surface area contributed by atoms with E-state index < -0.39 is 0 Å². The SMILES string of the molecule is CCOc1cc(CNn2c(-c3ccccc3OC)n[nH]c2=S)cc(Cl)c1OCc1ccccc1C. The van der Waals surface area contributed by atoms with Crippen LogP contribution in [0.1, 0.15) is 23.6 Å². The molecule has 3 aromatic carbocycles. The van der Waals surface area contributed by atoms with Crippen molar-refractivity contribution in [2.75, 3.05) is 19.1 Å². The van der Waals surface area contributed by atoms with Crippen LogP contribution in [-0.4, -0.2) is 28.6 Å². The zero-order valence-electron chi connectivity index (χ0n) is 19.8. The van der Waals surface area contributed by atoms with Crippen molar-refractivity contribution in [3.63, 3.8) is 0 Å². The minimum Gasteiger partial charge on any atom is -0.496 e. The minimum absolute atomic E-state index is 0.399. The van der Waals surface area contributed by atoms with E-state index in [-0.39, 0.29) is 0 Å². The highest BCUT2D eigenvalue weighted by atomic mass is 35.5. The second-order valence-corrected chi connectivity index (χ2v) is 8.57. The first-order chi connectivity index (χ1) is 17.0. The van der Waals surface area contributed by atoms with Crippen LogP contribution < -0.4 is 19.6 Å². The number of rotatable bonds is 10. The predicted molar refractivity (Wildman–Crippen MR) is 141 cm³/mol. The number of H-pyrrole nitrogens is 1. The zero-order chi connectivity index (χ0) is 24.8. The van der Waals surface area contributed by atoms with E-state index in [0.717, 1.165) is 22.3 Å².